The van der Waals surface area contributed by atoms with Gasteiger partial charge in [0.25, 0.3) is 5.91 Å². The minimum atomic E-state index is -0.191. The molecule has 0 aliphatic carbocycles. The van der Waals surface area contributed by atoms with E-state index in [2.05, 4.69) is 5.32 Å². The summed E-state index contributed by atoms with van der Waals surface area (Å²) in [7, 11) is 0. The Bertz CT molecular complexity index is 671. The molecule has 2 aromatic carbocycles. The van der Waals surface area contributed by atoms with Crippen LogP contribution in [0.3, 0.4) is 0 Å². The van der Waals surface area contributed by atoms with Crippen LogP contribution < -0.4 is 10.1 Å². The molecular weight excluding hydrogens is 333 g/mol. The van der Waals surface area contributed by atoms with Crippen molar-refractivity contribution in [2.75, 3.05) is 6.61 Å². The van der Waals surface area contributed by atoms with Crippen molar-refractivity contribution in [1.82, 2.24) is 5.32 Å². The topological polar surface area (TPSA) is 38.3 Å². The smallest absolute Gasteiger partial charge is 0.258 e. The Balaban J connectivity index is 1.93. The average molecular weight is 352 g/mol. The highest BCUT2D eigenvalue weighted by Gasteiger charge is 2.13. The van der Waals surface area contributed by atoms with E-state index in [9.17, 15) is 4.79 Å². The molecule has 1 N–H and O–H groups in total. The van der Waals surface area contributed by atoms with Crippen LogP contribution in [0.1, 0.15) is 30.5 Å². The highest BCUT2D eigenvalue weighted by molar-refractivity contribution is 6.35. The molecule has 3 nitrogen and oxygen atoms in total. The number of nitrogens with one attached hydrogen (secondary N) is 1. The summed E-state index contributed by atoms with van der Waals surface area (Å²) in [5, 5.41) is 3.88. The SMILES string of the molecule is CC[C@H](NC(=O)COc1ccc(Cl)cc1Cl)c1ccc(C)cc1. The van der Waals surface area contributed by atoms with E-state index >= 15 is 0 Å². The molecular formula is C18H19Cl2NO2. The number of carbonyl (C=O) groups excluding carboxylic acids is 1. The van der Waals surface area contributed by atoms with Crippen LogP contribution in [0.4, 0.5) is 0 Å². The zero-order valence-electron chi connectivity index (χ0n) is 13.1. The van der Waals surface area contributed by atoms with Crippen LogP contribution in [0.15, 0.2) is 42.5 Å². The summed E-state index contributed by atoms with van der Waals surface area (Å²) in [4.78, 5) is 12.1. The summed E-state index contributed by atoms with van der Waals surface area (Å²) < 4.78 is 5.45. The van der Waals surface area contributed by atoms with Crippen molar-refractivity contribution in [2.45, 2.75) is 26.3 Å². The maximum atomic E-state index is 12.1. The first-order valence-corrected chi connectivity index (χ1v) is 8.19. The van der Waals surface area contributed by atoms with Gasteiger partial charge in [0.05, 0.1) is 11.1 Å². The van der Waals surface area contributed by atoms with E-state index < -0.39 is 0 Å². The van der Waals surface area contributed by atoms with Crippen molar-refractivity contribution in [3.05, 3.63) is 63.6 Å². The quantitative estimate of drug-likeness (QED) is 0.799. The van der Waals surface area contributed by atoms with Gasteiger partial charge in [-0.1, -0.05) is 60.0 Å². The van der Waals surface area contributed by atoms with Gasteiger partial charge in [-0.2, -0.15) is 0 Å². The summed E-state index contributed by atoms with van der Waals surface area (Å²) in [6.07, 6.45) is 0.802. The predicted molar refractivity (Wildman–Crippen MR) is 94.3 cm³/mol. The first-order valence-electron chi connectivity index (χ1n) is 7.43. The number of benzene rings is 2. The molecule has 0 saturated carbocycles. The molecule has 1 amide bonds. The first kappa shape index (κ1) is 17.6. The monoisotopic (exact) mass is 351 g/mol. The van der Waals surface area contributed by atoms with Gasteiger partial charge < -0.3 is 10.1 Å². The highest BCUT2D eigenvalue weighted by Crippen LogP contribution is 2.27. The van der Waals surface area contributed by atoms with Gasteiger partial charge in [-0.15, -0.1) is 0 Å². The van der Waals surface area contributed by atoms with Crippen molar-refractivity contribution in [3.8, 4) is 5.75 Å². The van der Waals surface area contributed by atoms with Crippen molar-refractivity contribution in [2.24, 2.45) is 0 Å². The Hall–Kier alpha value is -1.71. The van der Waals surface area contributed by atoms with Crippen LogP contribution in [0.2, 0.25) is 10.0 Å². The Labute approximate surface area is 146 Å². The molecule has 0 aliphatic rings. The second-order valence-electron chi connectivity index (χ2n) is 5.30. The maximum absolute atomic E-state index is 12.1. The third-order valence-electron chi connectivity index (χ3n) is 3.48. The van der Waals surface area contributed by atoms with Crippen LogP contribution in [0, 0.1) is 6.92 Å². The molecule has 2 rings (SSSR count). The third-order valence-corrected chi connectivity index (χ3v) is 4.01. The minimum Gasteiger partial charge on any atom is -0.482 e. The Morgan fingerprint density at radius 1 is 1.17 bits per heavy atom. The molecule has 0 bridgehead atoms. The van der Waals surface area contributed by atoms with Crippen molar-refractivity contribution in [3.63, 3.8) is 0 Å². The second-order valence-corrected chi connectivity index (χ2v) is 6.15. The molecule has 0 heterocycles. The highest BCUT2D eigenvalue weighted by atomic mass is 35.5. The van der Waals surface area contributed by atoms with Gasteiger partial charge in [0.1, 0.15) is 5.75 Å². The van der Waals surface area contributed by atoms with Crippen LogP contribution in [0.5, 0.6) is 5.75 Å². The fraction of sp³-hybridized carbons (Fsp3) is 0.278. The molecule has 0 spiro atoms. The van der Waals surface area contributed by atoms with Gasteiger partial charge in [0.2, 0.25) is 0 Å². The van der Waals surface area contributed by atoms with Gasteiger partial charge in [-0.25, -0.2) is 0 Å². The Morgan fingerprint density at radius 3 is 2.48 bits per heavy atom. The first-order chi connectivity index (χ1) is 11.0. The van der Waals surface area contributed by atoms with Crippen LogP contribution in [0.25, 0.3) is 0 Å². The predicted octanol–water partition coefficient (Wildman–Crippen LogP) is 4.95. The summed E-state index contributed by atoms with van der Waals surface area (Å²) in [6.45, 7) is 3.97. The third kappa shape index (κ3) is 5.15. The van der Waals surface area contributed by atoms with Crippen LogP contribution in [-0.4, -0.2) is 12.5 Å². The van der Waals surface area contributed by atoms with Crippen molar-refractivity contribution < 1.29 is 9.53 Å². The maximum Gasteiger partial charge on any atom is 0.258 e. The fourth-order valence-electron chi connectivity index (χ4n) is 2.19. The molecule has 5 heteroatoms. The fourth-order valence-corrected chi connectivity index (χ4v) is 2.65. The van der Waals surface area contributed by atoms with E-state index in [0.717, 1.165) is 12.0 Å². The standard InChI is InChI=1S/C18H19Cl2NO2/c1-3-16(13-6-4-12(2)5-7-13)21-18(22)11-23-17-9-8-14(19)10-15(17)20/h4-10,16H,3,11H2,1-2H3,(H,21,22)/t16-/m0/s1. The number of hydrogen-bond acceptors (Lipinski definition) is 2. The lowest BCUT2D eigenvalue weighted by Gasteiger charge is -2.18. The molecule has 23 heavy (non-hydrogen) atoms. The molecule has 0 radical (unpaired) electrons. The van der Waals surface area contributed by atoms with Crippen LogP contribution in [-0.2, 0) is 4.79 Å². The number of rotatable bonds is 6. The number of hydrogen-bond donors (Lipinski definition) is 1. The van der Waals surface area contributed by atoms with Crippen molar-refractivity contribution in [1.29, 1.82) is 0 Å². The molecule has 0 unspecified atom stereocenters. The number of aryl methyl sites for hydroxylation is 1. The average Bonchev–Trinajstić information content (AvgIpc) is 2.52. The Morgan fingerprint density at radius 2 is 1.87 bits per heavy atom. The van der Waals surface area contributed by atoms with Gasteiger partial charge in [0, 0.05) is 5.02 Å². The summed E-state index contributed by atoms with van der Waals surface area (Å²) in [6, 6.07) is 13.0. The van der Waals surface area contributed by atoms with Gasteiger partial charge in [-0.05, 0) is 37.1 Å². The molecule has 0 aromatic heterocycles. The van der Waals surface area contributed by atoms with E-state index in [4.69, 9.17) is 27.9 Å². The summed E-state index contributed by atoms with van der Waals surface area (Å²) >= 11 is 11.8. The van der Waals surface area contributed by atoms with Gasteiger partial charge >= 0.3 is 0 Å². The van der Waals surface area contributed by atoms with Crippen LogP contribution >= 0.6 is 23.2 Å². The lowest BCUT2D eigenvalue weighted by molar-refractivity contribution is -0.123. The molecule has 2 aromatic rings. The normalized spacial score (nSPS) is 11.8. The molecule has 0 aliphatic heterocycles. The molecule has 122 valence electrons. The van der Waals surface area contributed by atoms with E-state index in [1.807, 2.05) is 38.1 Å². The number of ether oxygens (including phenoxy) is 1. The summed E-state index contributed by atoms with van der Waals surface area (Å²) in [5.74, 6) is 0.248. The van der Waals surface area contributed by atoms with Gasteiger partial charge in [0.15, 0.2) is 6.61 Å². The molecule has 0 fully saturated rings. The lowest BCUT2D eigenvalue weighted by Crippen LogP contribution is -2.32. The zero-order valence-corrected chi connectivity index (χ0v) is 14.6. The summed E-state index contributed by atoms with van der Waals surface area (Å²) in [5.41, 5.74) is 2.27. The lowest BCUT2D eigenvalue weighted by atomic mass is 10.0. The number of amides is 1. The van der Waals surface area contributed by atoms with Gasteiger partial charge in [-0.3, -0.25) is 4.79 Å². The number of carbonyl (C=O) groups is 1. The minimum absolute atomic E-state index is 0.0348. The van der Waals surface area contributed by atoms with E-state index in [0.29, 0.717) is 15.8 Å². The Kier molecular flexibility index (Phi) is 6.31. The van der Waals surface area contributed by atoms with E-state index in [1.165, 1.54) is 5.56 Å². The zero-order chi connectivity index (χ0) is 16.8. The largest absolute Gasteiger partial charge is 0.482 e. The number of halogens is 2. The van der Waals surface area contributed by atoms with E-state index in [1.54, 1.807) is 18.2 Å². The van der Waals surface area contributed by atoms with Crippen molar-refractivity contribution >= 4 is 29.1 Å². The second kappa shape index (κ2) is 8.23. The molecule has 1 atom stereocenters. The molecule has 0 saturated heterocycles. The van der Waals surface area contributed by atoms with E-state index in [-0.39, 0.29) is 18.6 Å².